The van der Waals surface area contributed by atoms with Crippen LogP contribution in [-0.2, 0) is 10.8 Å². The quantitative estimate of drug-likeness (QED) is 0.582. The van der Waals surface area contributed by atoms with Crippen molar-refractivity contribution < 1.29 is 4.21 Å². The number of benzene rings is 2. The van der Waals surface area contributed by atoms with Gasteiger partial charge in [0.1, 0.15) is 0 Å². The highest BCUT2D eigenvalue weighted by molar-refractivity contribution is 7.85. The zero-order valence-corrected chi connectivity index (χ0v) is 9.31. The maximum Gasteiger partial charge on any atom is 0.0862 e. The van der Waals surface area contributed by atoms with Crippen molar-refractivity contribution in [3.8, 4) is 11.1 Å². The van der Waals surface area contributed by atoms with Crippen LogP contribution in [0.1, 0.15) is 0 Å². The van der Waals surface area contributed by atoms with Gasteiger partial charge in [0, 0.05) is 10.6 Å². The van der Waals surface area contributed by atoms with Gasteiger partial charge in [0.2, 0.25) is 0 Å². The molecule has 1 aliphatic rings. The largest absolute Gasteiger partial charge is 0.249 e. The summed E-state index contributed by atoms with van der Waals surface area (Å²) in [6.07, 6.45) is 0. The molecule has 1 atom stereocenters. The summed E-state index contributed by atoms with van der Waals surface area (Å²) in [7, 11) is -1.04. The van der Waals surface area contributed by atoms with E-state index in [0.29, 0.717) is 5.02 Å². The zero-order valence-electron chi connectivity index (χ0n) is 7.74. The molecule has 0 fully saturated rings. The Kier molecular flexibility index (Phi) is 1.94. The first-order chi connectivity index (χ1) is 7.27. The van der Waals surface area contributed by atoms with E-state index in [9.17, 15) is 4.21 Å². The summed E-state index contributed by atoms with van der Waals surface area (Å²) < 4.78 is 12.1. The van der Waals surface area contributed by atoms with E-state index in [2.05, 4.69) is 0 Å². The minimum atomic E-state index is -1.04. The normalized spacial score (nSPS) is 17.3. The molecule has 0 aliphatic carbocycles. The molecule has 1 nitrogen and oxygen atoms in total. The molecule has 0 saturated carbocycles. The molecule has 74 valence electrons. The smallest absolute Gasteiger partial charge is 0.0862 e. The van der Waals surface area contributed by atoms with Crippen molar-refractivity contribution >= 4 is 22.4 Å². The van der Waals surface area contributed by atoms with Crippen molar-refractivity contribution in [1.29, 1.82) is 0 Å². The predicted octanol–water partition coefficient (Wildman–Crippen LogP) is 3.49. The Labute approximate surface area is 95.2 Å². The third-order valence-electron chi connectivity index (χ3n) is 2.52. The Hall–Kier alpha value is -1.12. The summed E-state index contributed by atoms with van der Waals surface area (Å²) in [5.41, 5.74) is 2.03. The molecule has 2 aromatic carbocycles. The second-order valence-electron chi connectivity index (χ2n) is 3.41. The van der Waals surface area contributed by atoms with Gasteiger partial charge in [0.25, 0.3) is 0 Å². The molecule has 0 spiro atoms. The molecule has 1 unspecified atom stereocenters. The Morgan fingerprint density at radius 3 is 2.53 bits per heavy atom. The van der Waals surface area contributed by atoms with Crippen LogP contribution in [0, 0.1) is 0 Å². The Balaban J connectivity index is 2.39. The lowest BCUT2D eigenvalue weighted by molar-refractivity contribution is 0.685. The number of halogens is 1. The molecule has 0 radical (unpaired) electrons. The average molecular weight is 235 g/mol. The first kappa shape index (κ1) is 9.13. The average Bonchev–Trinajstić information content (AvgIpc) is 2.54. The van der Waals surface area contributed by atoms with Crippen LogP contribution in [0.3, 0.4) is 0 Å². The topological polar surface area (TPSA) is 17.1 Å². The van der Waals surface area contributed by atoms with Crippen LogP contribution in [0.2, 0.25) is 5.02 Å². The zero-order chi connectivity index (χ0) is 10.4. The summed E-state index contributed by atoms with van der Waals surface area (Å²) in [5.74, 6) is 0. The van der Waals surface area contributed by atoms with Gasteiger partial charge in [-0.15, -0.1) is 0 Å². The van der Waals surface area contributed by atoms with E-state index in [1.54, 1.807) is 6.07 Å². The van der Waals surface area contributed by atoms with Gasteiger partial charge in [-0.3, -0.25) is 0 Å². The molecule has 0 saturated heterocycles. The Morgan fingerprint density at radius 2 is 1.67 bits per heavy atom. The first-order valence-electron chi connectivity index (χ1n) is 4.58. The fraction of sp³-hybridized carbons (Fsp3) is 0. The van der Waals surface area contributed by atoms with Crippen molar-refractivity contribution in [1.82, 2.24) is 0 Å². The van der Waals surface area contributed by atoms with Gasteiger partial charge in [-0.05, 0) is 29.8 Å². The molecule has 3 rings (SSSR count). The summed E-state index contributed by atoms with van der Waals surface area (Å²) in [6, 6.07) is 13.2. The van der Waals surface area contributed by atoms with Crippen LogP contribution in [0.25, 0.3) is 11.1 Å². The van der Waals surface area contributed by atoms with Gasteiger partial charge in [0.05, 0.1) is 20.6 Å². The van der Waals surface area contributed by atoms with Crippen LogP contribution in [0.5, 0.6) is 0 Å². The molecule has 0 N–H and O–H groups in total. The maximum absolute atomic E-state index is 12.1. The second kappa shape index (κ2) is 3.19. The van der Waals surface area contributed by atoms with Gasteiger partial charge < -0.3 is 0 Å². The van der Waals surface area contributed by atoms with E-state index in [0.717, 1.165) is 20.9 Å². The van der Waals surface area contributed by atoms with Crippen molar-refractivity contribution in [2.24, 2.45) is 0 Å². The fourth-order valence-corrected chi connectivity index (χ4v) is 3.39. The lowest BCUT2D eigenvalue weighted by Crippen LogP contribution is -1.84. The highest BCUT2D eigenvalue weighted by Gasteiger charge is 2.24. The molecular formula is C12H7ClOS. The van der Waals surface area contributed by atoms with Gasteiger partial charge >= 0.3 is 0 Å². The number of fused-ring (bicyclic) bond motifs is 3. The minimum Gasteiger partial charge on any atom is -0.249 e. The molecule has 0 aromatic heterocycles. The Bertz CT molecular complexity index is 578. The van der Waals surface area contributed by atoms with E-state index in [4.69, 9.17) is 11.6 Å². The van der Waals surface area contributed by atoms with Crippen LogP contribution in [0.15, 0.2) is 52.3 Å². The van der Waals surface area contributed by atoms with Gasteiger partial charge in [-0.25, -0.2) is 4.21 Å². The minimum absolute atomic E-state index is 0.683. The van der Waals surface area contributed by atoms with Crippen molar-refractivity contribution in [2.75, 3.05) is 0 Å². The summed E-state index contributed by atoms with van der Waals surface area (Å²) >= 11 is 5.94. The van der Waals surface area contributed by atoms with E-state index in [1.165, 1.54) is 0 Å². The summed E-state index contributed by atoms with van der Waals surface area (Å²) in [5, 5.41) is 0.683. The Morgan fingerprint density at radius 1 is 0.933 bits per heavy atom. The second-order valence-corrected chi connectivity index (χ2v) is 5.26. The van der Waals surface area contributed by atoms with Crippen LogP contribution < -0.4 is 0 Å². The van der Waals surface area contributed by atoms with Gasteiger partial charge in [-0.1, -0.05) is 29.8 Å². The van der Waals surface area contributed by atoms with Crippen molar-refractivity contribution in [3.63, 3.8) is 0 Å². The summed E-state index contributed by atoms with van der Waals surface area (Å²) in [6.45, 7) is 0. The van der Waals surface area contributed by atoms with E-state index >= 15 is 0 Å². The molecular weight excluding hydrogens is 228 g/mol. The standard InChI is InChI=1S/C12H7ClOS/c13-8-5-6-12-10(7-8)9-3-1-2-4-11(9)15(12)14/h1-7H. The van der Waals surface area contributed by atoms with E-state index in [1.807, 2.05) is 36.4 Å². The van der Waals surface area contributed by atoms with E-state index in [-0.39, 0.29) is 0 Å². The highest BCUT2D eigenvalue weighted by Crippen LogP contribution is 2.41. The SMILES string of the molecule is O=S1c2ccccc2-c2cc(Cl)ccc21. The predicted molar refractivity (Wildman–Crippen MR) is 61.6 cm³/mol. The fourth-order valence-electron chi connectivity index (χ4n) is 1.84. The van der Waals surface area contributed by atoms with Crippen LogP contribution >= 0.6 is 11.6 Å². The molecule has 1 aliphatic heterocycles. The summed E-state index contributed by atoms with van der Waals surface area (Å²) in [4.78, 5) is 1.75. The van der Waals surface area contributed by atoms with Crippen molar-refractivity contribution in [2.45, 2.75) is 9.79 Å². The van der Waals surface area contributed by atoms with Crippen LogP contribution in [0.4, 0.5) is 0 Å². The monoisotopic (exact) mass is 234 g/mol. The lowest BCUT2D eigenvalue weighted by Gasteiger charge is -1.98. The molecule has 1 heterocycles. The van der Waals surface area contributed by atoms with Crippen molar-refractivity contribution in [3.05, 3.63) is 47.5 Å². The third-order valence-corrected chi connectivity index (χ3v) is 4.26. The molecule has 0 bridgehead atoms. The number of rotatable bonds is 0. The number of hydrogen-bond donors (Lipinski definition) is 0. The molecule has 15 heavy (non-hydrogen) atoms. The van der Waals surface area contributed by atoms with Crippen LogP contribution in [-0.4, -0.2) is 4.21 Å². The molecule has 3 heteroatoms. The molecule has 0 amide bonds. The van der Waals surface area contributed by atoms with Gasteiger partial charge in [0.15, 0.2) is 0 Å². The molecule has 2 aromatic rings. The van der Waals surface area contributed by atoms with E-state index < -0.39 is 10.8 Å². The maximum atomic E-state index is 12.1. The van der Waals surface area contributed by atoms with Gasteiger partial charge in [-0.2, -0.15) is 0 Å². The highest BCUT2D eigenvalue weighted by atomic mass is 35.5. The lowest BCUT2D eigenvalue weighted by atomic mass is 10.1. The number of hydrogen-bond acceptors (Lipinski definition) is 1. The third kappa shape index (κ3) is 1.25. The first-order valence-corrected chi connectivity index (χ1v) is 6.11.